The fraction of sp³-hybridized carbons (Fsp3) is 0.345. The smallest absolute Gasteiger partial charge is 0.264 e. The summed E-state index contributed by atoms with van der Waals surface area (Å²) in [6, 6.07) is 20.5. The minimum absolute atomic E-state index is 0.0924. The molecule has 7 nitrogen and oxygen atoms in total. The van der Waals surface area contributed by atoms with Gasteiger partial charge in [-0.15, -0.1) is 0 Å². The molecule has 1 aliphatic heterocycles. The molecule has 4 rings (SSSR count). The molecule has 0 bridgehead atoms. The molecule has 1 atom stereocenters. The van der Waals surface area contributed by atoms with E-state index >= 15 is 0 Å². The van der Waals surface area contributed by atoms with Gasteiger partial charge in [-0.25, -0.2) is 8.42 Å². The largest absolute Gasteiger partial charge is 0.494 e. The highest BCUT2D eigenvalue weighted by Gasteiger charge is 2.39. The number of para-hydroxylation sites is 1. The lowest BCUT2D eigenvalue weighted by Gasteiger charge is -2.41. The zero-order valence-electron chi connectivity index (χ0n) is 21.8. The van der Waals surface area contributed by atoms with Crippen LogP contribution < -0.4 is 19.1 Å². The number of carbonyl (C=O) groups is 1. The molecular formula is C29H33BrN2O5S. The van der Waals surface area contributed by atoms with E-state index in [9.17, 15) is 13.2 Å². The number of sulfonamides is 1. The molecule has 9 heteroatoms. The summed E-state index contributed by atoms with van der Waals surface area (Å²) in [4.78, 5) is 13.6. The average Bonchev–Trinajstić information content (AvgIpc) is 2.92. The van der Waals surface area contributed by atoms with Crippen LogP contribution in [0.1, 0.15) is 51.6 Å². The molecule has 0 spiro atoms. The monoisotopic (exact) mass is 600 g/mol. The lowest BCUT2D eigenvalue weighted by Crippen LogP contribution is -2.47. The Kier molecular flexibility index (Phi) is 8.67. The maximum Gasteiger partial charge on any atom is 0.264 e. The van der Waals surface area contributed by atoms with Crippen molar-refractivity contribution in [3.8, 4) is 11.5 Å². The Morgan fingerprint density at radius 2 is 1.68 bits per heavy atom. The van der Waals surface area contributed by atoms with Gasteiger partial charge in [0.25, 0.3) is 10.0 Å². The molecule has 0 saturated carbocycles. The number of halogens is 1. The molecule has 1 N–H and O–H groups in total. The number of rotatable bonds is 10. The van der Waals surface area contributed by atoms with Gasteiger partial charge in [0.2, 0.25) is 5.91 Å². The van der Waals surface area contributed by atoms with E-state index in [1.165, 1.54) is 12.1 Å². The van der Waals surface area contributed by atoms with Gasteiger partial charge in [0.15, 0.2) is 0 Å². The summed E-state index contributed by atoms with van der Waals surface area (Å²) in [6.45, 7) is 6.15. The minimum Gasteiger partial charge on any atom is -0.494 e. The molecular weight excluding hydrogens is 568 g/mol. The van der Waals surface area contributed by atoms with E-state index in [0.717, 1.165) is 32.9 Å². The van der Waals surface area contributed by atoms with Crippen LogP contribution in [0.2, 0.25) is 0 Å². The summed E-state index contributed by atoms with van der Waals surface area (Å²) in [7, 11) is -4.04. The van der Waals surface area contributed by atoms with Crippen LogP contribution in [-0.2, 0) is 14.8 Å². The average molecular weight is 602 g/mol. The minimum atomic E-state index is -4.04. The van der Waals surface area contributed by atoms with Crippen LogP contribution >= 0.6 is 15.9 Å². The Morgan fingerprint density at radius 3 is 2.32 bits per heavy atom. The van der Waals surface area contributed by atoms with Crippen molar-refractivity contribution < 1.29 is 22.7 Å². The Bertz CT molecular complexity index is 1360. The molecule has 3 aromatic carbocycles. The van der Waals surface area contributed by atoms with E-state index in [2.05, 4.69) is 35.1 Å². The number of ether oxygens (including phenoxy) is 2. The molecule has 0 fully saturated rings. The summed E-state index contributed by atoms with van der Waals surface area (Å²) in [6.07, 6.45) is 2.19. The van der Waals surface area contributed by atoms with Crippen molar-refractivity contribution in [2.75, 3.05) is 17.5 Å². The number of hydrogen-bond donors (Lipinski definition) is 1. The predicted molar refractivity (Wildman–Crippen MR) is 152 cm³/mol. The standard InChI is InChI=1S/C29H33BrN2O5S/c1-4-29(5-2)19-26(25-9-7-8-10-27(25)37-29)31-28(33)20-32(22-13-15-23(16-14-22)36-6-3)38(34,35)24-17-11-21(30)12-18-24/h7-18,26H,4-6,19-20H2,1-3H3,(H,31,33)/t26-/m0/s1. The molecule has 3 aromatic rings. The van der Waals surface area contributed by atoms with Crippen LogP contribution in [0.25, 0.3) is 0 Å². The van der Waals surface area contributed by atoms with Crippen molar-refractivity contribution in [2.45, 2.75) is 56.6 Å². The lowest BCUT2D eigenvalue weighted by molar-refractivity contribution is -0.121. The van der Waals surface area contributed by atoms with E-state index in [0.29, 0.717) is 24.5 Å². The SMILES string of the molecule is CCOc1ccc(N(CC(=O)N[C@H]2CC(CC)(CC)Oc3ccccc32)S(=O)(=O)c2ccc(Br)cc2)cc1. The first kappa shape index (κ1) is 28.0. The second kappa shape index (κ2) is 11.8. The molecule has 202 valence electrons. The van der Waals surface area contributed by atoms with E-state index in [-0.39, 0.29) is 17.5 Å². The molecule has 0 aromatic heterocycles. The van der Waals surface area contributed by atoms with Crippen molar-refractivity contribution in [1.29, 1.82) is 0 Å². The quantitative estimate of drug-likeness (QED) is 0.297. The van der Waals surface area contributed by atoms with Crippen molar-refractivity contribution in [3.63, 3.8) is 0 Å². The number of anilines is 1. The van der Waals surface area contributed by atoms with Crippen LogP contribution in [0.3, 0.4) is 0 Å². The second-order valence-corrected chi connectivity index (χ2v) is 12.0. The zero-order chi connectivity index (χ0) is 27.3. The maximum atomic E-state index is 13.8. The fourth-order valence-electron chi connectivity index (χ4n) is 4.72. The van der Waals surface area contributed by atoms with Gasteiger partial charge in [-0.05, 0) is 74.4 Å². The van der Waals surface area contributed by atoms with Gasteiger partial charge in [0, 0.05) is 16.5 Å². The summed E-state index contributed by atoms with van der Waals surface area (Å²) >= 11 is 3.35. The summed E-state index contributed by atoms with van der Waals surface area (Å²) in [5.74, 6) is 0.969. The topological polar surface area (TPSA) is 84.9 Å². The Balaban J connectivity index is 1.65. The van der Waals surface area contributed by atoms with E-state index in [1.807, 2.05) is 31.2 Å². The summed E-state index contributed by atoms with van der Waals surface area (Å²) < 4.78 is 41.3. The first-order valence-electron chi connectivity index (χ1n) is 12.8. The fourth-order valence-corrected chi connectivity index (χ4v) is 6.41. The van der Waals surface area contributed by atoms with Crippen molar-refractivity contribution in [1.82, 2.24) is 5.32 Å². The third-order valence-corrected chi connectivity index (χ3v) is 9.26. The Labute approximate surface area is 233 Å². The van der Waals surface area contributed by atoms with Gasteiger partial charge in [-0.3, -0.25) is 9.10 Å². The highest BCUT2D eigenvalue weighted by molar-refractivity contribution is 9.10. The van der Waals surface area contributed by atoms with Gasteiger partial charge < -0.3 is 14.8 Å². The first-order valence-corrected chi connectivity index (χ1v) is 15.0. The van der Waals surface area contributed by atoms with Crippen molar-refractivity contribution >= 4 is 37.5 Å². The molecule has 0 aliphatic carbocycles. The van der Waals surface area contributed by atoms with Gasteiger partial charge in [0.1, 0.15) is 23.6 Å². The summed E-state index contributed by atoms with van der Waals surface area (Å²) in [5.41, 5.74) is 0.863. The number of fused-ring (bicyclic) bond motifs is 1. The zero-order valence-corrected chi connectivity index (χ0v) is 24.2. The molecule has 0 radical (unpaired) electrons. The molecule has 1 heterocycles. The normalized spacial score (nSPS) is 16.2. The lowest BCUT2D eigenvalue weighted by atomic mass is 9.83. The number of amides is 1. The van der Waals surface area contributed by atoms with Gasteiger partial charge in [0.05, 0.1) is 23.2 Å². The highest BCUT2D eigenvalue weighted by atomic mass is 79.9. The maximum absolute atomic E-state index is 13.8. The predicted octanol–water partition coefficient (Wildman–Crippen LogP) is 6.24. The van der Waals surface area contributed by atoms with Gasteiger partial charge in [-0.1, -0.05) is 48.0 Å². The van der Waals surface area contributed by atoms with Crippen LogP contribution in [0.5, 0.6) is 11.5 Å². The Hall–Kier alpha value is -3.04. The van der Waals surface area contributed by atoms with Crippen LogP contribution in [0, 0.1) is 0 Å². The van der Waals surface area contributed by atoms with Gasteiger partial charge in [-0.2, -0.15) is 0 Å². The van der Waals surface area contributed by atoms with Crippen molar-refractivity contribution in [2.24, 2.45) is 0 Å². The third-order valence-electron chi connectivity index (χ3n) is 6.95. The van der Waals surface area contributed by atoms with E-state index < -0.39 is 21.5 Å². The Morgan fingerprint density at radius 1 is 1.03 bits per heavy atom. The number of hydrogen-bond acceptors (Lipinski definition) is 5. The second-order valence-electron chi connectivity index (χ2n) is 9.25. The first-order chi connectivity index (χ1) is 18.2. The molecule has 38 heavy (non-hydrogen) atoms. The molecule has 0 saturated heterocycles. The van der Waals surface area contributed by atoms with Crippen molar-refractivity contribution in [3.05, 3.63) is 82.8 Å². The van der Waals surface area contributed by atoms with Crippen LogP contribution in [0.15, 0.2) is 82.2 Å². The van der Waals surface area contributed by atoms with Gasteiger partial charge >= 0.3 is 0 Å². The number of benzene rings is 3. The van der Waals surface area contributed by atoms with Crippen LogP contribution in [0.4, 0.5) is 5.69 Å². The number of nitrogens with zero attached hydrogens (tertiary/aromatic N) is 1. The molecule has 0 unspecified atom stereocenters. The number of nitrogens with one attached hydrogen (secondary N) is 1. The third kappa shape index (κ3) is 5.99. The number of carbonyl (C=O) groups excluding carboxylic acids is 1. The molecule has 1 aliphatic rings. The van der Waals surface area contributed by atoms with E-state index in [1.54, 1.807) is 36.4 Å². The van der Waals surface area contributed by atoms with E-state index in [4.69, 9.17) is 9.47 Å². The van der Waals surface area contributed by atoms with Crippen LogP contribution in [-0.4, -0.2) is 33.1 Å². The summed E-state index contributed by atoms with van der Waals surface area (Å²) in [5, 5.41) is 3.11. The highest BCUT2D eigenvalue weighted by Crippen LogP contribution is 2.42. The molecule has 1 amide bonds.